The van der Waals surface area contributed by atoms with E-state index in [1.807, 2.05) is 53.5 Å². The van der Waals surface area contributed by atoms with Crippen LogP contribution in [0.4, 0.5) is 0 Å². The number of halogens is 3. The minimum atomic E-state index is -0.394. The summed E-state index contributed by atoms with van der Waals surface area (Å²) in [6.07, 6.45) is 0.357. The normalized spacial score (nSPS) is 20.2. The van der Waals surface area contributed by atoms with Crippen LogP contribution in [0.5, 0.6) is 5.75 Å². The van der Waals surface area contributed by atoms with E-state index in [1.54, 1.807) is 6.07 Å². The van der Waals surface area contributed by atoms with Gasteiger partial charge in [-0.05, 0) is 29.8 Å². The van der Waals surface area contributed by atoms with Crippen LogP contribution in [0.2, 0.25) is 15.1 Å². The second kappa shape index (κ2) is 7.00. The van der Waals surface area contributed by atoms with Gasteiger partial charge < -0.3 is 4.74 Å². The van der Waals surface area contributed by atoms with Crippen molar-refractivity contribution in [3.8, 4) is 5.75 Å². The van der Waals surface area contributed by atoms with E-state index < -0.39 is 6.23 Å². The Morgan fingerprint density at radius 3 is 2.39 bits per heavy atom. The van der Waals surface area contributed by atoms with E-state index in [0.29, 0.717) is 20.8 Å². The van der Waals surface area contributed by atoms with E-state index in [0.717, 1.165) is 28.8 Å². The van der Waals surface area contributed by atoms with Crippen molar-refractivity contribution in [2.24, 2.45) is 5.10 Å². The Kier molecular flexibility index (Phi) is 4.47. The Balaban J connectivity index is 1.63. The maximum atomic E-state index is 6.48. The first-order valence-electron chi connectivity index (χ1n) is 8.92. The van der Waals surface area contributed by atoms with Crippen LogP contribution in [0.25, 0.3) is 0 Å². The lowest BCUT2D eigenvalue weighted by Crippen LogP contribution is -2.33. The molecule has 5 rings (SSSR count). The number of fused-ring (bicyclic) bond motifs is 3. The Labute approximate surface area is 178 Å². The molecule has 0 aromatic heterocycles. The van der Waals surface area contributed by atoms with Crippen LogP contribution in [-0.4, -0.2) is 10.7 Å². The first-order valence-corrected chi connectivity index (χ1v) is 10.1. The molecular weight excluding hydrogens is 415 g/mol. The van der Waals surface area contributed by atoms with Crippen molar-refractivity contribution in [2.75, 3.05) is 0 Å². The van der Waals surface area contributed by atoms with Gasteiger partial charge in [0.05, 0.1) is 16.8 Å². The van der Waals surface area contributed by atoms with E-state index in [9.17, 15) is 0 Å². The number of nitrogens with zero attached hydrogens (tertiary/aromatic N) is 2. The molecule has 0 amide bonds. The summed E-state index contributed by atoms with van der Waals surface area (Å²) in [6.45, 7) is 0. The average molecular weight is 430 g/mol. The SMILES string of the molecule is Clc1ccc(C2Oc3c(Cl)cc(Cl)cc3C3CC(c4ccccc4)=NN32)cc1. The summed E-state index contributed by atoms with van der Waals surface area (Å²) in [5, 5.41) is 8.70. The summed E-state index contributed by atoms with van der Waals surface area (Å²) in [6, 6.07) is 21.4. The fraction of sp³-hybridized carbons (Fsp3) is 0.136. The summed E-state index contributed by atoms with van der Waals surface area (Å²) in [4.78, 5) is 0. The predicted octanol–water partition coefficient (Wildman–Crippen LogP) is 6.89. The quantitative estimate of drug-likeness (QED) is 0.443. The maximum absolute atomic E-state index is 6.48. The van der Waals surface area contributed by atoms with Gasteiger partial charge >= 0.3 is 0 Å². The minimum absolute atomic E-state index is 0.00386. The number of rotatable bonds is 2. The summed E-state index contributed by atoms with van der Waals surface area (Å²) >= 11 is 18.8. The molecule has 2 heterocycles. The van der Waals surface area contributed by atoms with Gasteiger partial charge in [0.2, 0.25) is 6.23 Å². The highest BCUT2D eigenvalue weighted by Gasteiger charge is 2.42. The Hall–Kier alpha value is -2.20. The predicted molar refractivity (Wildman–Crippen MR) is 113 cm³/mol. The second-order valence-corrected chi connectivity index (χ2v) is 8.12. The zero-order valence-electron chi connectivity index (χ0n) is 14.6. The lowest BCUT2D eigenvalue weighted by molar-refractivity contribution is -0.0189. The lowest BCUT2D eigenvalue weighted by Gasteiger charge is -2.38. The molecule has 2 unspecified atom stereocenters. The van der Waals surface area contributed by atoms with E-state index in [1.165, 1.54) is 0 Å². The first-order chi connectivity index (χ1) is 13.6. The molecule has 0 fully saturated rings. The van der Waals surface area contributed by atoms with Gasteiger partial charge in [0, 0.05) is 27.6 Å². The number of hydrazone groups is 1. The highest BCUT2D eigenvalue weighted by atomic mass is 35.5. The summed E-state index contributed by atoms with van der Waals surface area (Å²) in [5.74, 6) is 0.664. The second-order valence-electron chi connectivity index (χ2n) is 6.84. The van der Waals surface area contributed by atoms with Crippen LogP contribution in [0.3, 0.4) is 0 Å². The molecule has 0 spiro atoms. The van der Waals surface area contributed by atoms with E-state index in [2.05, 4.69) is 12.1 Å². The Morgan fingerprint density at radius 1 is 0.893 bits per heavy atom. The van der Waals surface area contributed by atoms with Gasteiger partial charge in [0.1, 0.15) is 5.75 Å². The number of hydrogen-bond acceptors (Lipinski definition) is 3. The zero-order chi connectivity index (χ0) is 19.3. The van der Waals surface area contributed by atoms with Crippen molar-refractivity contribution in [3.05, 3.63) is 98.5 Å². The van der Waals surface area contributed by atoms with Crippen LogP contribution in [0.15, 0.2) is 71.8 Å². The zero-order valence-corrected chi connectivity index (χ0v) is 16.9. The molecule has 0 radical (unpaired) electrons. The summed E-state index contributed by atoms with van der Waals surface area (Å²) in [7, 11) is 0. The topological polar surface area (TPSA) is 24.8 Å². The first kappa shape index (κ1) is 17.9. The molecule has 0 N–H and O–H groups in total. The van der Waals surface area contributed by atoms with E-state index >= 15 is 0 Å². The number of benzene rings is 3. The summed E-state index contributed by atoms with van der Waals surface area (Å²) in [5.41, 5.74) is 4.03. The van der Waals surface area contributed by atoms with Crippen molar-refractivity contribution in [1.29, 1.82) is 0 Å². The van der Waals surface area contributed by atoms with Gasteiger partial charge in [-0.25, -0.2) is 5.01 Å². The molecule has 140 valence electrons. The van der Waals surface area contributed by atoms with Gasteiger partial charge in [-0.3, -0.25) is 0 Å². The molecule has 3 aromatic carbocycles. The maximum Gasteiger partial charge on any atom is 0.213 e. The Morgan fingerprint density at radius 2 is 1.64 bits per heavy atom. The molecule has 2 atom stereocenters. The molecule has 0 aliphatic carbocycles. The largest absolute Gasteiger partial charge is 0.463 e. The van der Waals surface area contributed by atoms with Crippen LogP contribution < -0.4 is 4.74 Å². The minimum Gasteiger partial charge on any atom is -0.463 e. The van der Waals surface area contributed by atoms with E-state index in [-0.39, 0.29) is 6.04 Å². The van der Waals surface area contributed by atoms with Crippen LogP contribution in [-0.2, 0) is 0 Å². The van der Waals surface area contributed by atoms with Gasteiger partial charge in [-0.1, -0.05) is 77.3 Å². The molecule has 0 saturated heterocycles. The third-order valence-electron chi connectivity index (χ3n) is 5.07. The van der Waals surface area contributed by atoms with Crippen molar-refractivity contribution < 1.29 is 4.74 Å². The average Bonchev–Trinajstić information content (AvgIpc) is 3.15. The van der Waals surface area contributed by atoms with Gasteiger partial charge in [0.25, 0.3) is 0 Å². The Bertz CT molecular complexity index is 1070. The molecule has 3 aromatic rings. The van der Waals surface area contributed by atoms with Crippen molar-refractivity contribution >= 4 is 40.5 Å². The van der Waals surface area contributed by atoms with Crippen LogP contribution in [0.1, 0.15) is 35.4 Å². The summed E-state index contributed by atoms with van der Waals surface area (Å²) < 4.78 is 6.33. The highest BCUT2D eigenvalue weighted by molar-refractivity contribution is 6.35. The van der Waals surface area contributed by atoms with Gasteiger partial charge in [-0.2, -0.15) is 5.10 Å². The fourth-order valence-electron chi connectivity index (χ4n) is 3.77. The molecule has 3 nitrogen and oxygen atoms in total. The van der Waals surface area contributed by atoms with E-state index in [4.69, 9.17) is 44.6 Å². The van der Waals surface area contributed by atoms with Crippen molar-refractivity contribution in [1.82, 2.24) is 5.01 Å². The lowest BCUT2D eigenvalue weighted by atomic mass is 9.96. The molecule has 2 aliphatic heterocycles. The van der Waals surface area contributed by atoms with Crippen LogP contribution in [0, 0.1) is 0 Å². The van der Waals surface area contributed by atoms with Gasteiger partial charge in [-0.15, -0.1) is 0 Å². The van der Waals surface area contributed by atoms with Crippen molar-refractivity contribution in [3.63, 3.8) is 0 Å². The third-order valence-corrected chi connectivity index (χ3v) is 5.82. The molecule has 28 heavy (non-hydrogen) atoms. The highest BCUT2D eigenvalue weighted by Crippen LogP contribution is 2.50. The monoisotopic (exact) mass is 428 g/mol. The number of ether oxygens (including phenoxy) is 1. The molecule has 0 bridgehead atoms. The smallest absolute Gasteiger partial charge is 0.213 e. The molecular formula is C22H15Cl3N2O. The molecule has 2 aliphatic rings. The molecule has 0 saturated carbocycles. The van der Waals surface area contributed by atoms with Crippen molar-refractivity contribution in [2.45, 2.75) is 18.7 Å². The van der Waals surface area contributed by atoms with Gasteiger partial charge in [0.15, 0.2) is 0 Å². The van der Waals surface area contributed by atoms with Crippen LogP contribution >= 0.6 is 34.8 Å². The third kappa shape index (κ3) is 3.04. The number of hydrogen-bond donors (Lipinski definition) is 0. The molecule has 6 heteroatoms. The fourth-order valence-corrected chi connectivity index (χ4v) is 4.45. The standard InChI is InChI=1S/C22H15Cl3N2O/c23-15-8-6-14(7-9-15)22-27-20(12-19(26-27)13-4-2-1-3-5-13)17-10-16(24)11-18(25)21(17)28-22/h1-11,20,22H,12H2.